The van der Waals surface area contributed by atoms with Gasteiger partial charge in [-0.2, -0.15) is 0 Å². The number of ketones is 1. The van der Waals surface area contributed by atoms with Crippen molar-refractivity contribution in [2.45, 2.75) is 52.5 Å². The second-order valence-corrected chi connectivity index (χ2v) is 9.33. The SMILES string of the molecule is CCCc1ccc(C(=O)c2ccc3[nH]cc(C4=CCN(C(C)(C)C)CC4)c3c2)cc1. The van der Waals surface area contributed by atoms with Crippen LogP contribution in [0.3, 0.4) is 0 Å². The fourth-order valence-electron chi connectivity index (χ4n) is 4.33. The molecule has 3 nitrogen and oxygen atoms in total. The molecule has 156 valence electrons. The molecule has 0 saturated carbocycles. The summed E-state index contributed by atoms with van der Waals surface area (Å²) in [5.41, 5.74) is 6.66. The van der Waals surface area contributed by atoms with E-state index in [0.717, 1.165) is 54.4 Å². The summed E-state index contributed by atoms with van der Waals surface area (Å²) < 4.78 is 0. The van der Waals surface area contributed by atoms with Crippen LogP contribution in [-0.2, 0) is 6.42 Å². The Balaban J connectivity index is 1.62. The quantitative estimate of drug-likeness (QED) is 0.515. The van der Waals surface area contributed by atoms with Crippen molar-refractivity contribution in [3.63, 3.8) is 0 Å². The van der Waals surface area contributed by atoms with E-state index in [1.807, 2.05) is 24.3 Å². The van der Waals surface area contributed by atoms with Crippen molar-refractivity contribution in [3.8, 4) is 0 Å². The van der Waals surface area contributed by atoms with Crippen LogP contribution in [0, 0.1) is 0 Å². The lowest BCUT2D eigenvalue weighted by Crippen LogP contribution is -2.43. The molecule has 0 bridgehead atoms. The topological polar surface area (TPSA) is 36.1 Å². The van der Waals surface area contributed by atoms with Gasteiger partial charge in [-0.15, -0.1) is 0 Å². The van der Waals surface area contributed by atoms with Crippen molar-refractivity contribution in [2.75, 3.05) is 13.1 Å². The van der Waals surface area contributed by atoms with Gasteiger partial charge in [-0.25, -0.2) is 0 Å². The average molecular weight is 401 g/mol. The van der Waals surface area contributed by atoms with Gasteiger partial charge in [0.2, 0.25) is 0 Å². The fourth-order valence-corrected chi connectivity index (χ4v) is 4.33. The number of nitrogens with zero attached hydrogens (tertiary/aromatic N) is 1. The maximum absolute atomic E-state index is 13.1. The minimum atomic E-state index is 0.0867. The van der Waals surface area contributed by atoms with Crippen molar-refractivity contribution >= 4 is 22.3 Å². The van der Waals surface area contributed by atoms with E-state index in [0.29, 0.717) is 0 Å². The number of aromatic amines is 1. The predicted molar refractivity (Wildman–Crippen MR) is 126 cm³/mol. The lowest BCUT2D eigenvalue weighted by atomic mass is 9.94. The van der Waals surface area contributed by atoms with Crippen molar-refractivity contribution in [2.24, 2.45) is 0 Å². The van der Waals surface area contributed by atoms with Crippen molar-refractivity contribution < 1.29 is 4.79 Å². The maximum Gasteiger partial charge on any atom is 0.193 e. The largest absolute Gasteiger partial charge is 0.361 e. The Morgan fingerprint density at radius 3 is 2.43 bits per heavy atom. The summed E-state index contributed by atoms with van der Waals surface area (Å²) in [6, 6.07) is 14.1. The van der Waals surface area contributed by atoms with Gasteiger partial charge in [-0.1, -0.05) is 43.7 Å². The molecule has 0 amide bonds. The number of nitrogens with one attached hydrogen (secondary N) is 1. The average Bonchev–Trinajstić information content (AvgIpc) is 3.17. The zero-order valence-corrected chi connectivity index (χ0v) is 18.6. The fraction of sp³-hybridized carbons (Fsp3) is 0.370. The molecule has 4 rings (SSSR count). The molecule has 2 heterocycles. The van der Waals surface area contributed by atoms with Crippen LogP contribution in [0.5, 0.6) is 0 Å². The third-order valence-electron chi connectivity index (χ3n) is 6.20. The van der Waals surface area contributed by atoms with Crippen LogP contribution < -0.4 is 0 Å². The molecule has 0 unspecified atom stereocenters. The first kappa shape index (κ1) is 20.6. The minimum absolute atomic E-state index is 0.0867. The van der Waals surface area contributed by atoms with Gasteiger partial charge in [0.25, 0.3) is 0 Å². The molecule has 1 aliphatic rings. The molecular formula is C27H32N2O. The first-order valence-corrected chi connectivity index (χ1v) is 11.1. The Morgan fingerprint density at radius 1 is 1.07 bits per heavy atom. The number of hydrogen-bond donors (Lipinski definition) is 1. The third kappa shape index (κ3) is 4.13. The standard InChI is InChI=1S/C27H32N2O/c1-5-6-19-7-9-21(10-8-19)26(30)22-11-12-25-23(17-22)24(18-28-25)20-13-15-29(16-14-20)27(2,3)4/h7-13,17-18,28H,5-6,14-16H2,1-4H3. The van der Waals surface area contributed by atoms with Crippen LogP contribution in [-0.4, -0.2) is 34.3 Å². The lowest BCUT2D eigenvalue weighted by Gasteiger charge is -2.37. The predicted octanol–water partition coefficient (Wildman–Crippen LogP) is 6.24. The summed E-state index contributed by atoms with van der Waals surface area (Å²) in [5.74, 6) is 0.0867. The molecule has 3 aromatic rings. The number of hydrogen-bond acceptors (Lipinski definition) is 2. The molecule has 2 aromatic carbocycles. The van der Waals surface area contributed by atoms with Crippen molar-refractivity contribution in [1.82, 2.24) is 9.88 Å². The normalized spacial score (nSPS) is 15.4. The van der Waals surface area contributed by atoms with Gasteiger partial charge in [0.05, 0.1) is 0 Å². The summed E-state index contributed by atoms with van der Waals surface area (Å²) in [7, 11) is 0. The van der Waals surface area contributed by atoms with E-state index < -0.39 is 0 Å². The number of fused-ring (bicyclic) bond motifs is 1. The van der Waals surface area contributed by atoms with E-state index in [1.54, 1.807) is 0 Å². The lowest BCUT2D eigenvalue weighted by molar-refractivity contribution is 0.103. The van der Waals surface area contributed by atoms with E-state index in [-0.39, 0.29) is 11.3 Å². The number of carbonyl (C=O) groups excluding carboxylic acids is 1. The molecule has 0 saturated heterocycles. The molecule has 1 N–H and O–H groups in total. The zero-order valence-electron chi connectivity index (χ0n) is 18.6. The van der Waals surface area contributed by atoms with E-state index in [9.17, 15) is 4.79 Å². The second kappa shape index (κ2) is 8.23. The van der Waals surface area contributed by atoms with E-state index in [1.165, 1.54) is 16.7 Å². The van der Waals surface area contributed by atoms with E-state index >= 15 is 0 Å². The number of rotatable bonds is 5. The molecule has 3 heteroatoms. The van der Waals surface area contributed by atoms with Crippen LogP contribution in [0.1, 0.15) is 67.6 Å². The Hall–Kier alpha value is -2.65. The molecule has 1 aromatic heterocycles. The summed E-state index contributed by atoms with van der Waals surface area (Å²) in [4.78, 5) is 19.0. The molecule has 0 fully saturated rings. The number of benzene rings is 2. The Morgan fingerprint density at radius 2 is 1.80 bits per heavy atom. The van der Waals surface area contributed by atoms with Gasteiger partial charge in [0.15, 0.2) is 5.78 Å². The van der Waals surface area contributed by atoms with E-state index in [4.69, 9.17) is 0 Å². The van der Waals surface area contributed by atoms with Gasteiger partial charge in [-0.05, 0) is 62.9 Å². The summed E-state index contributed by atoms with van der Waals surface area (Å²) >= 11 is 0. The highest BCUT2D eigenvalue weighted by Crippen LogP contribution is 2.32. The summed E-state index contributed by atoms with van der Waals surface area (Å²) in [6.07, 6.45) is 7.63. The van der Waals surface area contributed by atoms with Gasteiger partial charge in [-0.3, -0.25) is 9.69 Å². The highest BCUT2D eigenvalue weighted by Gasteiger charge is 2.24. The van der Waals surface area contributed by atoms with Crippen molar-refractivity contribution in [3.05, 3.63) is 77.0 Å². The van der Waals surface area contributed by atoms with E-state index in [2.05, 4.69) is 68.1 Å². The second-order valence-electron chi connectivity index (χ2n) is 9.33. The number of H-pyrrole nitrogens is 1. The molecule has 1 aliphatic heterocycles. The molecule has 0 radical (unpaired) electrons. The van der Waals surface area contributed by atoms with Gasteiger partial charge in [0, 0.05) is 52.4 Å². The van der Waals surface area contributed by atoms with Crippen LogP contribution in [0.2, 0.25) is 0 Å². The minimum Gasteiger partial charge on any atom is -0.361 e. The number of carbonyl (C=O) groups is 1. The van der Waals surface area contributed by atoms with Gasteiger partial charge < -0.3 is 4.98 Å². The van der Waals surface area contributed by atoms with Crippen LogP contribution in [0.25, 0.3) is 16.5 Å². The molecule has 30 heavy (non-hydrogen) atoms. The molecule has 0 atom stereocenters. The summed E-state index contributed by atoms with van der Waals surface area (Å²) in [5, 5.41) is 1.14. The van der Waals surface area contributed by atoms with Crippen LogP contribution >= 0.6 is 0 Å². The smallest absolute Gasteiger partial charge is 0.193 e. The first-order valence-electron chi connectivity index (χ1n) is 11.1. The highest BCUT2D eigenvalue weighted by atomic mass is 16.1. The summed E-state index contributed by atoms with van der Waals surface area (Å²) in [6.45, 7) is 11.0. The first-order chi connectivity index (χ1) is 14.4. The van der Waals surface area contributed by atoms with Crippen LogP contribution in [0.15, 0.2) is 54.7 Å². The van der Waals surface area contributed by atoms with Crippen LogP contribution in [0.4, 0.5) is 0 Å². The Bertz CT molecular complexity index is 1080. The molecular weight excluding hydrogens is 368 g/mol. The Kier molecular flexibility index (Phi) is 5.66. The highest BCUT2D eigenvalue weighted by molar-refractivity contribution is 6.11. The molecule has 0 aliphatic carbocycles. The maximum atomic E-state index is 13.1. The monoisotopic (exact) mass is 400 g/mol. The van der Waals surface area contributed by atoms with Gasteiger partial charge in [0.1, 0.15) is 0 Å². The molecule has 0 spiro atoms. The zero-order chi connectivity index (χ0) is 21.3. The Labute approximate surface area is 179 Å². The van der Waals surface area contributed by atoms with Gasteiger partial charge >= 0.3 is 0 Å². The number of aryl methyl sites for hydroxylation is 1. The number of aromatic nitrogens is 1. The third-order valence-corrected chi connectivity index (χ3v) is 6.20. The van der Waals surface area contributed by atoms with Crippen molar-refractivity contribution in [1.29, 1.82) is 0 Å².